The Morgan fingerprint density at radius 3 is 2.27 bits per heavy atom. The maximum Gasteiger partial charge on any atom is 0.410 e. The van der Waals surface area contributed by atoms with Crippen LogP contribution >= 0.6 is 0 Å². The summed E-state index contributed by atoms with van der Waals surface area (Å²) in [6.07, 6.45) is 4.61. The molecule has 1 heterocycles. The summed E-state index contributed by atoms with van der Waals surface area (Å²) in [5.41, 5.74) is 5.75. The summed E-state index contributed by atoms with van der Waals surface area (Å²) in [5, 5.41) is 0. The molecule has 1 saturated carbocycles. The lowest BCUT2D eigenvalue weighted by molar-refractivity contribution is -0.128. The Kier molecular flexibility index (Phi) is 12.8. The third-order valence-electron chi connectivity index (χ3n) is 8.83. The molecule has 0 atom stereocenters. The van der Waals surface area contributed by atoms with Crippen LogP contribution in [0.25, 0.3) is 5.57 Å². The molecule has 0 spiro atoms. The van der Waals surface area contributed by atoms with Crippen LogP contribution in [0.3, 0.4) is 0 Å². The molecule has 2 aliphatic rings. The second-order valence-corrected chi connectivity index (χ2v) is 12.6. The monoisotopic (exact) mass is 678 g/mol. The third kappa shape index (κ3) is 9.88. The summed E-state index contributed by atoms with van der Waals surface area (Å²) in [6.45, 7) is 6.32. The molecule has 0 aromatic heterocycles. The van der Waals surface area contributed by atoms with Crippen LogP contribution in [0.1, 0.15) is 61.3 Å². The molecule has 1 aliphatic carbocycles. The topological polar surface area (TPSA) is 68.3 Å². The molecule has 2 amide bonds. The minimum atomic E-state index is -1.33. The van der Waals surface area contributed by atoms with Crippen LogP contribution in [0.2, 0.25) is 0 Å². The number of aryl methyl sites for hydroxylation is 2. The highest BCUT2D eigenvalue weighted by atomic mass is 19.2. The molecule has 0 bridgehead atoms. The van der Waals surface area contributed by atoms with Crippen LogP contribution in [0.4, 0.5) is 18.0 Å². The predicted molar refractivity (Wildman–Crippen MR) is 182 cm³/mol. The number of halogens is 3. The third-order valence-corrected chi connectivity index (χ3v) is 8.83. The molecule has 0 saturated heterocycles. The second kappa shape index (κ2) is 17.4. The van der Waals surface area contributed by atoms with Crippen molar-refractivity contribution in [3.8, 4) is 5.75 Å². The second-order valence-electron chi connectivity index (χ2n) is 12.6. The van der Waals surface area contributed by atoms with Crippen LogP contribution in [0.15, 0.2) is 66.2 Å². The van der Waals surface area contributed by atoms with E-state index < -0.39 is 29.3 Å². The number of benzene rings is 3. The van der Waals surface area contributed by atoms with Gasteiger partial charge in [-0.05, 0) is 86.3 Å². The van der Waals surface area contributed by atoms with Crippen molar-refractivity contribution in [2.45, 2.75) is 64.8 Å². The molecule has 5 rings (SSSR count). The van der Waals surface area contributed by atoms with Crippen molar-refractivity contribution >= 4 is 17.6 Å². The summed E-state index contributed by atoms with van der Waals surface area (Å²) in [6, 6.07) is 18.0. The molecule has 1 aliphatic heterocycles. The van der Waals surface area contributed by atoms with Crippen LogP contribution in [0.5, 0.6) is 5.75 Å². The zero-order chi connectivity index (χ0) is 34.8. The Bertz CT molecular complexity index is 1610. The Morgan fingerprint density at radius 2 is 1.55 bits per heavy atom. The van der Waals surface area contributed by atoms with Gasteiger partial charge in [0.15, 0.2) is 17.4 Å². The van der Waals surface area contributed by atoms with Gasteiger partial charge in [0.2, 0.25) is 5.82 Å². The number of amides is 2. The van der Waals surface area contributed by atoms with Gasteiger partial charge in [-0.2, -0.15) is 4.39 Å². The summed E-state index contributed by atoms with van der Waals surface area (Å²) in [7, 11) is 0. The van der Waals surface area contributed by atoms with Gasteiger partial charge in [-0.1, -0.05) is 61.0 Å². The minimum absolute atomic E-state index is 0.0130. The fourth-order valence-corrected chi connectivity index (χ4v) is 5.94. The van der Waals surface area contributed by atoms with Gasteiger partial charge in [0.05, 0.1) is 19.8 Å². The molecule has 1 fully saturated rings. The van der Waals surface area contributed by atoms with Gasteiger partial charge in [-0.15, -0.1) is 0 Å². The normalized spacial score (nSPS) is 14.6. The maximum absolute atomic E-state index is 14.3. The Labute approximate surface area is 286 Å². The molecular weight excluding hydrogens is 633 g/mol. The number of hydrogen-bond acceptors (Lipinski definition) is 5. The number of rotatable bonds is 16. The Hall–Kier alpha value is -4.31. The molecular formula is C39H45F3N2O5. The fraction of sp³-hybridized carbons (Fsp3) is 0.436. The van der Waals surface area contributed by atoms with Gasteiger partial charge < -0.3 is 24.0 Å². The van der Waals surface area contributed by atoms with E-state index >= 15 is 0 Å². The van der Waals surface area contributed by atoms with E-state index in [4.69, 9.17) is 14.2 Å². The van der Waals surface area contributed by atoms with E-state index in [0.717, 1.165) is 54.5 Å². The molecule has 49 heavy (non-hydrogen) atoms. The van der Waals surface area contributed by atoms with Crippen LogP contribution in [-0.4, -0.2) is 73.9 Å². The first-order chi connectivity index (χ1) is 23.7. The fourth-order valence-electron chi connectivity index (χ4n) is 5.94. The van der Waals surface area contributed by atoms with Gasteiger partial charge in [0, 0.05) is 31.3 Å². The molecule has 262 valence electrons. The van der Waals surface area contributed by atoms with E-state index in [1.54, 1.807) is 4.90 Å². The highest BCUT2D eigenvalue weighted by Crippen LogP contribution is 2.34. The molecule has 10 heteroatoms. The lowest BCUT2D eigenvalue weighted by atomic mass is 9.91. The van der Waals surface area contributed by atoms with E-state index in [1.807, 2.05) is 36.1 Å². The van der Waals surface area contributed by atoms with Crippen molar-refractivity contribution in [1.29, 1.82) is 0 Å². The average Bonchev–Trinajstić information content (AvgIpc) is 3.96. The smallest absolute Gasteiger partial charge is 0.410 e. The summed E-state index contributed by atoms with van der Waals surface area (Å²) >= 11 is 0. The number of ether oxygens (including phenoxy) is 3. The SMILES string of the molecule is CCCOCCOC(=O)N1CCC(c2ccc(CCCOc3c(F)ccc(F)c3F)cc2)=C(C(=O)N(CCc2ccc(C)cc2)C2CC2)C1. The van der Waals surface area contributed by atoms with Crippen molar-refractivity contribution in [3.05, 3.63) is 106 Å². The zero-order valence-electron chi connectivity index (χ0n) is 28.3. The summed E-state index contributed by atoms with van der Waals surface area (Å²) in [4.78, 5) is 31.0. The van der Waals surface area contributed by atoms with Crippen LogP contribution in [-0.2, 0) is 27.1 Å². The summed E-state index contributed by atoms with van der Waals surface area (Å²) in [5.74, 6) is -4.20. The first kappa shape index (κ1) is 36.0. The number of nitrogens with zero attached hydrogens (tertiary/aromatic N) is 2. The van der Waals surface area contributed by atoms with E-state index in [1.165, 1.54) is 11.1 Å². The summed E-state index contributed by atoms with van der Waals surface area (Å²) < 4.78 is 57.4. The Balaban J connectivity index is 1.29. The van der Waals surface area contributed by atoms with Gasteiger partial charge in [0.25, 0.3) is 5.91 Å². The molecule has 0 radical (unpaired) electrons. The number of hydrogen-bond donors (Lipinski definition) is 0. The zero-order valence-corrected chi connectivity index (χ0v) is 28.3. The van der Waals surface area contributed by atoms with Crippen molar-refractivity contribution in [2.75, 3.05) is 46.1 Å². The van der Waals surface area contributed by atoms with E-state index in [0.29, 0.717) is 51.1 Å². The standard InChI is InChI=1S/C39H45F3N2O5/c1-3-22-47-24-25-49-39(46)43-20-19-32(33(26-43)38(45)44(31-14-15-31)21-18-29-8-6-27(2)7-9-29)30-12-10-28(11-13-30)5-4-23-48-37-35(41)17-16-34(40)36(37)42/h6-13,16-17,31H,3-5,14-15,18-26H2,1-2H3. The highest BCUT2D eigenvalue weighted by Gasteiger charge is 2.37. The number of carbonyl (C=O) groups is 2. The first-order valence-electron chi connectivity index (χ1n) is 17.2. The van der Waals surface area contributed by atoms with Crippen molar-refractivity contribution < 1.29 is 37.0 Å². The maximum atomic E-state index is 14.3. The first-order valence-corrected chi connectivity index (χ1v) is 17.2. The predicted octanol–water partition coefficient (Wildman–Crippen LogP) is 7.68. The lowest BCUT2D eigenvalue weighted by Crippen LogP contribution is -2.44. The van der Waals surface area contributed by atoms with Crippen LogP contribution in [0, 0.1) is 24.4 Å². The lowest BCUT2D eigenvalue weighted by Gasteiger charge is -2.33. The van der Waals surface area contributed by atoms with Crippen molar-refractivity contribution in [3.63, 3.8) is 0 Å². The van der Waals surface area contributed by atoms with Crippen LogP contribution < -0.4 is 4.74 Å². The average molecular weight is 679 g/mol. The van der Waals surface area contributed by atoms with Gasteiger partial charge in [0.1, 0.15) is 6.61 Å². The van der Waals surface area contributed by atoms with Crippen molar-refractivity contribution in [1.82, 2.24) is 9.80 Å². The number of carbonyl (C=O) groups excluding carboxylic acids is 2. The van der Waals surface area contributed by atoms with E-state index in [-0.39, 0.29) is 31.7 Å². The van der Waals surface area contributed by atoms with Gasteiger partial charge in [-0.3, -0.25) is 4.79 Å². The molecule has 3 aromatic rings. The Morgan fingerprint density at radius 1 is 0.857 bits per heavy atom. The highest BCUT2D eigenvalue weighted by molar-refractivity contribution is 6.03. The molecule has 3 aromatic carbocycles. The quantitative estimate of drug-likeness (QED) is 0.115. The largest absolute Gasteiger partial charge is 0.488 e. The van der Waals surface area contributed by atoms with E-state index in [9.17, 15) is 22.8 Å². The molecule has 0 N–H and O–H groups in total. The van der Waals surface area contributed by atoms with Gasteiger partial charge >= 0.3 is 6.09 Å². The van der Waals surface area contributed by atoms with Crippen molar-refractivity contribution in [2.24, 2.45) is 0 Å². The minimum Gasteiger partial charge on any atom is -0.488 e. The van der Waals surface area contributed by atoms with E-state index in [2.05, 4.69) is 31.2 Å². The van der Waals surface area contributed by atoms with Gasteiger partial charge in [-0.25, -0.2) is 13.6 Å². The molecule has 7 nitrogen and oxygen atoms in total. The molecule has 0 unspecified atom stereocenters.